The summed E-state index contributed by atoms with van der Waals surface area (Å²) in [6.07, 6.45) is 2.65. The maximum atomic E-state index is 6.15. The first-order valence-corrected chi connectivity index (χ1v) is 10.2. The number of rotatable bonds is 4. The quantitative estimate of drug-likeness (QED) is 0.802. The Morgan fingerprint density at radius 2 is 1.69 bits per heavy atom. The standard InChI is InChI=1S/C22H28ClN3/c23-20-8-4-9-21(16-20)25-12-14-26(15-13-25)22-10-5-11-24(18-22)17-19-6-2-1-3-7-19/h1-4,6-9,16,22H,5,10-15,17-18H2/t22-/m1/s1. The summed E-state index contributed by atoms with van der Waals surface area (Å²) >= 11 is 6.15. The second-order valence-electron chi connectivity index (χ2n) is 7.52. The van der Waals surface area contributed by atoms with Crippen molar-refractivity contribution in [2.24, 2.45) is 0 Å². The lowest BCUT2D eigenvalue weighted by molar-refractivity contribution is 0.0888. The van der Waals surface area contributed by atoms with E-state index < -0.39 is 0 Å². The predicted octanol–water partition coefficient (Wildman–Crippen LogP) is 4.13. The number of piperidine rings is 1. The Balaban J connectivity index is 1.31. The molecular formula is C22H28ClN3. The molecule has 0 radical (unpaired) electrons. The molecule has 0 spiro atoms. The van der Waals surface area contributed by atoms with Gasteiger partial charge >= 0.3 is 0 Å². The fraction of sp³-hybridized carbons (Fsp3) is 0.455. The van der Waals surface area contributed by atoms with Crippen molar-refractivity contribution in [1.82, 2.24) is 9.80 Å². The van der Waals surface area contributed by atoms with Crippen LogP contribution >= 0.6 is 11.6 Å². The van der Waals surface area contributed by atoms with Gasteiger partial charge in [0.05, 0.1) is 0 Å². The van der Waals surface area contributed by atoms with Crippen LogP contribution in [0.3, 0.4) is 0 Å². The van der Waals surface area contributed by atoms with Crippen LogP contribution in [0.5, 0.6) is 0 Å². The summed E-state index contributed by atoms with van der Waals surface area (Å²) in [5.74, 6) is 0. The lowest BCUT2D eigenvalue weighted by Gasteiger charge is -2.44. The van der Waals surface area contributed by atoms with Crippen LogP contribution in [0.1, 0.15) is 18.4 Å². The Bertz CT molecular complexity index is 698. The molecule has 0 N–H and O–H groups in total. The molecule has 2 aromatic carbocycles. The Kier molecular flexibility index (Phi) is 5.78. The van der Waals surface area contributed by atoms with Gasteiger partial charge < -0.3 is 4.90 Å². The predicted molar refractivity (Wildman–Crippen MR) is 110 cm³/mol. The molecule has 138 valence electrons. The van der Waals surface area contributed by atoms with Crippen LogP contribution in [-0.4, -0.2) is 55.1 Å². The van der Waals surface area contributed by atoms with E-state index in [-0.39, 0.29) is 0 Å². The number of anilines is 1. The fourth-order valence-electron chi connectivity index (χ4n) is 4.33. The number of likely N-dealkylation sites (tertiary alicyclic amines) is 1. The summed E-state index contributed by atoms with van der Waals surface area (Å²) in [5.41, 5.74) is 2.69. The van der Waals surface area contributed by atoms with Gasteiger partial charge in [0.15, 0.2) is 0 Å². The number of hydrogen-bond acceptors (Lipinski definition) is 3. The second-order valence-corrected chi connectivity index (χ2v) is 7.96. The molecule has 0 bridgehead atoms. The topological polar surface area (TPSA) is 9.72 Å². The Labute approximate surface area is 162 Å². The molecule has 0 amide bonds. The summed E-state index contributed by atoms with van der Waals surface area (Å²) < 4.78 is 0. The molecule has 26 heavy (non-hydrogen) atoms. The number of benzene rings is 2. The largest absolute Gasteiger partial charge is 0.369 e. The van der Waals surface area contributed by atoms with Crippen LogP contribution in [0.4, 0.5) is 5.69 Å². The molecule has 2 aromatic rings. The molecule has 1 atom stereocenters. The molecule has 2 saturated heterocycles. The van der Waals surface area contributed by atoms with Gasteiger partial charge in [-0.3, -0.25) is 9.80 Å². The Hall–Kier alpha value is -1.55. The second kappa shape index (κ2) is 8.43. The van der Waals surface area contributed by atoms with Crippen LogP contribution in [-0.2, 0) is 6.54 Å². The third-order valence-electron chi connectivity index (χ3n) is 5.73. The van der Waals surface area contributed by atoms with Gasteiger partial charge in [-0.15, -0.1) is 0 Å². The van der Waals surface area contributed by atoms with E-state index in [4.69, 9.17) is 11.6 Å². The molecule has 0 saturated carbocycles. The fourth-order valence-corrected chi connectivity index (χ4v) is 4.52. The molecule has 2 aliphatic rings. The Morgan fingerprint density at radius 1 is 0.885 bits per heavy atom. The number of hydrogen-bond donors (Lipinski definition) is 0. The summed E-state index contributed by atoms with van der Waals surface area (Å²) in [6.45, 7) is 8.00. The zero-order valence-electron chi connectivity index (χ0n) is 15.4. The molecule has 2 heterocycles. The lowest BCUT2D eigenvalue weighted by Crippen LogP contribution is -2.55. The highest BCUT2D eigenvalue weighted by Crippen LogP contribution is 2.23. The molecular weight excluding hydrogens is 342 g/mol. The summed E-state index contributed by atoms with van der Waals surface area (Å²) in [4.78, 5) is 7.80. The highest BCUT2D eigenvalue weighted by molar-refractivity contribution is 6.30. The molecule has 0 unspecified atom stereocenters. The smallest absolute Gasteiger partial charge is 0.0426 e. The van der Waals surface area contributed by atoms with E-state index in [1.165, 1.54) is 37.2 Å². The van der Waals surface area contributed by atoms with Gasteiger partial charge in [0.2, 0.25) is 0 Å². The maximum Gasteiger partial charge on any atom is 0.0426 e. The summed E-state index contributed by atoms with van der Waals surface area (Å²) in [7, 11) is 0. The first-order chi connectivity index (χ1) is 12.8. The van der Waals surface area contributed by atoms with Crippen molar-refractivity contribution in [2.45, 2.75) is 25.4 Å². The molecule has 4 heteroatoms. The van der Waals surface area contributed by atoms with Gasteiger partial charge in [0.1, 0.15) is 0 Å². The molecule has 0 aliphatic carbocycles. The maximum absolute atomic E-state index is 6.15. The highest BCUT2D eigenvalue weighted by Gasteiger charge is 2.28. The molecule has 2 aliphatic heterocycles. The first-order valence-electron chi connectivity index (χ1n) is 9.79. The SMILES string of the molecule is Clc1cccc(N2CCN([C@@H]3CCCN(Cc4ccccc4)C3)CC2)c1. The van der Waals surface area contributed by atoms with Crippen LogP contribution in [0.15, 0.2) is 54.6 Å². The minimum Gasteiger partial charge on any atom is -0.369 e. The normalized spacial score (nSPS) is 22.5. The minimum absolute atomic E-state index is 0.703. The van der Waals surface area contributed by atoms with E-state index in [2.05, 4.69) is 57.2 Å². The van der Waals surface area contributed by atoms with Crippen LogP contribution in [0.2, 0.25) is 5.02 Å². The van der Waals surface area contributed by atoms with Crippen LogP contribution in [0.25, 0.3) is 0 Å². The van der Waals surface area contributed by atoms with E-state index in [1.54, 1.807) is 0 Å². The van der Waals surface area contributed by atoms with Crippen molar-refractivity contribution in [2.75, 3.05) is 44.2 Å². The average molecular weight is 370 g/mol. The summed E-state index contributed by atoms with van der Waals surface area (Å²) in [6, 6.07) is 19.8. The third-order valence-corrected chi connectivity index (χ3v) is 5.97. The van der Waals surface area contributed by atoms with Crippen molar-refractivity contribution >= 4 is 17.3 Å². The lowest BCUT2D eigenvalue weighted by atomic mass is 10.0. The van der Waals surface area contributed by atoms with E-state index in [0.29, 0.717) is 6.04 Å². The first kappa shape index (κ1) is 17.8. The monoisotopic (exact) mass is 369 g/mol. The van der Waals surface area contributed by atoms with E-state index in [1.807, 2.05) is 12.1 Å². The van der Waals surface area contributed by atoms with Crippen LogP contribution < -0.4 is 4.90 Å². The number of halogens is 1. The average Bonchev–Trinajstić information content (AvgIpc) is 2.69. The molecule has 4 rings (SSSR count). The van der Waals surface area contributed by atoms with Gasteiger partial charge in [0, 0.05) is 56.0 Å². The zero-order chi connectivity index (χ0) is 17.8. The van der Waals surface area contributed by atoms with E-state index in [9.17, 15) is 0 Å². The van der Waals surface area contributed by atoms with Gasteiger partial charge in [0.25, 0.3) is 0 Å². The number of nitrogens with zero attached hydrogens (tertiary/aromatic N) is 3. The van der Waals surface area contributed by atoms with Gasteiger partial charge in [-0.2, -0.15) is 0 Å². The van der Waals surface area contributed by atoms with E-state index in [0.717, 1.165) is 37.7 Å². The van der Waals surface area contributed by atoms with Crippen molar-refractivity contribution in [3.63, 3.8) is 0 Å². The summed E-state index contributed by atoms with van der Waals surface area (Å²) in [5, 5.41) is 0.828. The Morgan fingerprint density at radius 3 is 2.46 bits per heavy atom. The minimum atomic E-state index is 0.703. The van der Waals surface area contributed by atoms with Gasteiger partial charge in [-0.1, -0.05) is 48.0 Å². The van der Waals surface area contributed by atoms with Crippen molar-refractivity contribution in [3.8, 4) is 0 Å². The van der Waals surface area contributed by atoms with Crippen LogP contribution in [0, 0.1) is 0 Å². The van der Waals surface area contributed by atoms with Crippen molar-refractivity contribution in [3.05, 3.63) is 65.2 Å². The molecule has 3 nitrogen and oxygen atoms in total. The molecule has 2 fully saturated rings. The molecule has 0 aromatic heterocycles. The van der Waals surface area contributed by atoms with Crippen molar-refractivity contribution in [1.29, 1.82) is 0 Å². The van der Waals surface area contributed by atoms with Crippen molar-refractivity contribution < 1.29 is 0 Å². The van der Waals surface area contributed by atoms with E-state index >= 15 is 0 Å². The van der Waals surface area contributed by atoms with Gasteiger partial charge in [-0.05, 0) is 43.1 Å². The highest BCUT2D eigenvalue weighted by atomic mass is 35.5. The zero-order valence-corrected chi connectivity index (χ0v) is 16.1. The third kappa shape index (κ3) is 4.40. The number of piperazine rings is 1. The van der Waals surface area contributed by atoms with Gasteiger partial charge in [-0.25, -0.2) is 0 Å².